The van der Waals surface area contributed by atoms with E-state index < -0.39 is 0 Å². The van der Waals surface area contributed by atoms with Crippen molar-refractivity contribution in [2.45, 2.75) is 19.8 Å². The number of benzene rings is 3. The number of hydrogen-bond acceptors (Lipinski definition) is 5. The molecule has 5 nitrogen and oxygen atoms in total. The summed E-state index contributed by atoms with van der Waals surface area (Å²) in [5.74, 6) is 1.87. The number of ether oxygens (including phenoxy) is 1. The van der Waals surface area contributed by atoms with Gasteiger partial charge in [0.25, 0.3) is 0 Å². The molecule has 5 heteroatoms. The maximum atomic E-state index is 11.0. The number of nitrogens with zero attached hydrogens (tertiary/aromatic N) is 3. The third-order valence-electron chi connectivity index (χ3n) is 6.32. The number of phenols is 1. The lowest BCUT2D eigenvalue weighted by Crippen LogP contribution is -2.22. The van der Waals surface area contributed by atoms with Gasteiger partial charge in [0.05, 0.1) is 0 Å². The van der Waals surface area contributed by atoms with E-state index in [1.165, 1.54) is 0 Å². The highest BCUT2D eigenvalue weighted by molar-refractivity contribution is 5.68. The zero-order valence-corrected chi connectivity index (χ0v) is 19.9. The second kappa shape index (κ2) is 8.65. The quantitative estimate of drug-likeness (QED) is 0.427. The van der Waals surface area contributed by atoms with Gasteiger partial charge >= 0.3 is 0 Å². The first-order valence-electron chi connectivity index (χ1n) is 11.2. The first kappa shape index (κ1) is 21.9. The van der Waals surface area contributed by atoms with E-state index in [0.29, 0.717) is 5.75 Å². The first-order chi connectivity index (χ1) is 15.3. The van der Waals surface area contributed by atoms with Gasteiger partial charge in [0.1, 0.15) is 17.2 Å². The van der Waals surface area contributed by atoms with Gasteiger partial charge in [0.15, 0.2) is 0 Å². The predicted octanol–water partition coefficient (Wildman–Crippen LogP) is 5.66. The summed E-state index contributed by atoms with van der Waals surface area (Å²) in [5.41, 5.74) is 6.21. The minimum atomic E-state index is -0.105. The highest BCUT2D eigenvalue weighted by Crippen LogP contribution is 2.51. The third kappa shape index (κ3) is 3.83. The Morgan fingerprint density at radius 3 is 1.66 bits per heavy atom. The number of fused-ring (bicyclic) bond motifs is 2. The molecule has 32 heavy (non-hydrogen) atoms. The molecule has 0 spiro atoms. The lowest BCUT2D eigenvalue weighted by atomic mass is 9.82. The van der Waals surface area contributed by atoms with E-state index in [4.69, 9.17) is 4.74 Å². The molecule has 1 unspecified atom stereocenters. The molecule has 1 heterocycles. The van der Waals surface area contributed by atoms with E-state index in [9.17, 15) is 5.11 Å². The van der Waals surface area contributed by atoms with Crippen LogP contribution < -0.4 is 19.4 Å². The Morgan fingerprint density at radius 1 is 0.688 bits per heavy atom. The summed E-state index contributed by atoms with van der Waals surface area (Å²) >= 11 is 0. The Morgan fingerprint density at radius 2 is 1.16 bits per heavy atom. The van der Waals surface area contributed by atoms with Crippen LogP contribution in [0, 0.1) is 0 Å². The van der Waals surface area contributed by atoms with Crippen LogP contribution in [0.25, 0.3) is 0 Å². The van der Waals surface area contributed by atoms with Crippen LogP contribution in [0.4, 0.5) is 17.1 Å². The minimum Gasteiger partial charge on any atom is -0.508 e. The van der Waals surface area contributed by atoms with Gasteiger partial charge in [-0.05, 0) is 32.0 Å². The van der Waals surface area contributed by atoms with Gasteiger partial charge in [-0.15, -0.1) is 0 Å². The number of aromatic hydroxyl groups is 1. The SMILES string of the molecule is CCN(CC)c1ccc2c(c1)Oc1cc(N(C)C)ccc1C2c1ccc(N(C)C)cc1O. The van der Waals surface area contributed by atoms with E-state index in [2.05, 4.69) is 66.1 Å². The highest BCUT2D eigenvalue weighted by Gasteiger charge is 2.31. The van der Waals surface area contributed by atoms with Gasteiger partial charge in [0, 0.05) is 99.1 Å². The molecule has 0 aromatic heterocycles. The molecule has 3 aromatic rings. The molecule has 0 aliphatic carbocycles. The van der Waals surface area contributed by atoms with Gasteiger partial charge in [0.2, 0.25) is 0 Å². The monoisotopic (exact) mass is 431 g/mol. The van der Waals surface area contributed by atoms with Crippen LogP contribution in [-0.4, -0.2) is 46.4 Å². The van der Waals surface area contributed by atoms with Crippen molar-refractivity contribution in [2.24, 2.45) is 0 Å². The van der Waals surface area contributed by atoms with E-state index >= 15 is 0 Å². The smallest absolute Gasteiger partial charge is 0.133 e. The molecule has 0 amide bonds. The molecule has 0 saturated carbocycles. The van der Waals surface area contributed by atoms with Crippen LogP contribution in [0.2, 0.25) is 0 Å². The van der Waals surface area contributed by atoms with Crippen molar-refractivity contribution in [2.75, 3.05) is 56.0 Å². The molecule has 1 atom stereocenters. The summed E-state index contributed by atoms with van der Waals surface area (Å²) in [5, 5.41) is 11.0. The molecule has 0 fully saturated rings. The summed E-state index contributed by atoms with van der Waals surface area (Å²) in [4.78, 5) is 6.38. The van der Waals surface area contributed by atoms with Gasteiger partial charge in [-0.25, -0.2) is 0 Å². The first-order valence-corrected chi connectivity index (χ1v) is 11.2. The van der Waals surface area contributed by atoms with Crippen molar-refractivity contribution in [3.63, 3.8) is 0 Å². The minimum absolute atomic E-state index is 0.105. The average molecular weight is 432 g/mol. The lowest BCUT2D eigenvalue weighted by Gasteiger charge is -2.32. The molecule has 1 aliphatic heterocycles. The van der Waals surface area contributed by atoms with Crippen molar-refractivity contribution >= 4 is 17.1 Å². The molecule has 0 radical (unpaired) electrons. The molecule has 0 saturated heterocycles. The van der Waals surface area contributed by atoms with Gasteiger partial charge < -0.3 is 24.5 Å². The number of phenolic OH excluding ortho intramolecular Hbond substituents is 1. The van der Waals surface area contributed by atoms with E-state index in [0.717, 1.165) is 58.3 Å². The number of rotatable bonds is 6. The average Bonchev–Trinajstić information content (AvgIpc) is 2.78. The van der Waals surface area contributed by atoms with Gasteiger partial charge in [-0.1, -0.05) is 18.2 Å². The van der Waals surface area contributed by atoms with Gasteiger partial charge in [-0.2, -0.15) is 0 Å². The molecule has 0 bridgehead atoms. The molecule has 1 aliphatic rings. The summed E-state index contributed by atoms with van der Waals surface area (Å²) in [6, 6.07) is 18.7. The fraction of sp³-hybridized carbons (Fsp3) is 0.333. The highest BCUT2D eigenvalue weighted by atomic mass is 16.5. The lowest BCUT2D eigenvalue weighted by molar-refractivity contribution is 0.443. The molecular weight excluding hydrogens is 398 g/mol. The van der Waals surface area contributed by atoms with Crippen LogP contribution in [0.15, 0.2) is 54.6 Å². The standard InChI is InChI=1S/C27H33N3O2/c1-7-30(8-2)20-11-14-23-26(17-20)32-25-16-19(29(5)6)10-13-22(25)27(23)21-12-9-18(28(3)4)15-24(21)31/h9-17,27,31H,7-8H2,1-6H3. The Labute approximate surface area is 191 Å². The normalized spacial score (nSPS) is 14.2. The van der Waals surface area contributed by atoms with Crippen molar-refractivity contribution in [1.29, 1.82) is 0 Å². The molecule has 1 N–H and O–H groups in total. The Balaban J connectivity index is 1.90. The Hall–Kier alpha value is -3.34. The zero-order valence-electron chi connectivity index (χ0n) is 19.9. The molecule has 4 rings (SSSR count). The number of anilines is 3. The zero-order chi connectivity index (χ0) is 23.0. The van der Waals surface area contributed by atoms with E-state index in [1.807, 2.05) is 45.2 Å². The topological polar surface area (TPSA) is 39.2 Å². The summed E-state index contributed by atoms with van der Waals surface area (Å²) in [6.45, 7) is 6.20. The van der Waals surface area contributed by atoms with Crippen molar-refractivity contribution in [3.8, 4) is 17.2 Å². The van der Waals surface area contributed by atoms with Crippen LogP contribution >= 0.6 is 0 Å². The van der Waals surface area contributed by atoms with Gasteiger partial charge in [-0.3, -0.25) is 0 Å². The van der Waals surface area contributed by atoms with Crippen LogP contribution in [-0.2, 0) is 0 Å². The van der Waals surface area contributed by atoms with E-state index in [1.54, 1.807) is 0 Å². The summed E-state index contributed by atoms with van der Waals surface area (Å²) in [6.07, 6.45) is 0. The molecule has 168 valence electrons. The maximum absolute atomic E-state index is 11.0. The second-order valence-electron chi connectivity index (χ2n) is 8.68. The fourth-order valence-corrected chi connectivity index (χ4v) is 4.44. The molecule has 3 aromatic carbocycles. The van der Waals surface area contributed by atoms with Crippen molar-refractivity contribution in [1.82, 2.24) is 0 Å². The predicted molar refractivity (Wildman–Crippen MR) is 134 cm³/mol. The fourth-order valence-electron chi connectivity index (χ4n) is 4.44. The second-order valence-corrected chi connectivity index (χ2v) is 8.68. The van der Waals surface area contributed by atoms with Crippen LogP contribution in [0.5, 0.6) is 17.2 Å². The van der Waals surface area contributed by atoms with Crippen molar-refractivity contribution in [3.05, 3.63) is 71.3 Å². The Bertz CT molecular complexity index is 1110. The third-order valence-corrected chi connectivity index (χ3v) is 6.32. The Kier molecular flexibility index (Phi) is 5.92. The maximum Gasteiger partial charge on any atom is 0.133 e. The summed E-state index contributed by atoms with van der Waals surface area (Å²) in [7, 11) is 8.01. The summed E-state index contributed by atoms with van der Waals surface area (Å²) < 4.78 is 6.46. The molecular formula is C27H33N3O2. The van der Waals surface area contributed by atoms with Crippen LogP contribution in [0.1, 0.15) is 36.5 Å². The van der Waals surface area contributed by atoms with E-state index in [-0.39, 0.29) is 5.92 Å². The van der Waals surface area contributed by atoms with Crippen molar-refractivity contribution < 1.29 is 9.84 Å². The largest absolute Gasteiger partial charge is 0.508 e. The number of hydrogen-bond donors (Lipinski definition) is 1. The van der Waals surface area contributed by atoms with Crippen LogP contribution in [0.3, 0.4) is 0 Å².